The third-order valence-corrected chi connectivity index (χ3v) is 3.50. The fourth-order valence-corrected chi connectivity index (χ4v) is 2.32. The molecule has 1 aromatic heterocycles. The molecule has 126 valence electrons. The van der Waals surface area contributed by atoms with Crippen LogP contribution in [0.2, 0.25) is 0 Å². The van der Waals surface area contributed by atoms with Crippen LogP contribution in [0.4, 0.5) is 33.3 Å². The fraction of sp³-hybridized carbons (Fsp3) is 0.286. The summed E-state index contributed by atoms with van der Waals surface area (Å²) in [6.07, 6.45) is 0. The van der Waals surface area contributed by atoms with Crippen LogP contribution in [0.1, 0.15) is 0 Å². The third-order valence-electron chi connectivity index (χ3n) is 3.50. The summed E-state index contributed by atoms with van der Waals surface area (Å²) in [6.45, 7) is 2.07. The van der Waals surface area contributed by atoms with Crippen molar-refractivity contribution in [3.05, 3.63) is 40.2 Å². The molecule has 3 rings (SSSR count). The highest BCUT2D eigenvalue weighted by atomic mass is 19.1. The first-order valence-electron chi connectivity index (χ1n) is 7.22. The van der Waals surface area contributed by atoms with Crippen LogP contribution in [0, 0.1) is 15.9 Å². The Hall–Kier alpha value is -3.01. The first-order chi connectivity index (χ1) is 11.6. The van der Waals surface area contributed by atoms with E-state index in [1.54, 1.807) is 11.0 Å². The topological polar surface area (TPSA) is 119 Å². The van der Waals surface area contributed by atoms with E-state index in [1.165, 1.54) is 18.2 Å². The van der Waals surface area contributed by atoms with E-state index in [9.17, 15) is 14.5 Å². The minimum atomic E-state index is -0.693. The summed E-state index contributed by atoms with van der Waals surface area (Å²) >= 11 is 0. The van der Waals surface area contributed by atoms with Crippen LogP contribution in [0.5, 0.6) is 0 Å². The molecule has 1 aromatic carbocycles. The number of hydrogen-bond donors (Lipinski definition) is 2. The zero-order valence-corrected chi connectivity index (χ0v) is 12.6. The van der Waals surface area contributed by atoms with Crippen LogP contribution in [-0.2, 0) is 4.74 Å². The third kappa shape index (κ3) is 3.18. The summed E-state index contributed by atoms with van der Waals surface area (Å²) in [5.41, 5.74) is 5.31. The number of nitrogens with zero attached hydrogens (tertiary/aromatic N) is 4. The fourth-order valence-electron chi connectivity index (χ4n) is 2.32. The molecule has 24 heavy (non-hydrogen) atoms. The molecule has 0 atom stereocenters. The molecular weight excluding hydrogens is 319 g/mol. The molecule has 0 aliphatic carbocycles. The lowest BCUT2D eigenvalue weighted by molar-refractivity contribution is -0.383. The molecule has 1 fully saturated rings. The van der Waals surface area contributed by atoms with E-state index in [0.29, 0.717) is 26.3 Å². The van der Waals surface area contributed by atoms with Gasteiger partial charge in [-0.1, -0.05) is 12.1 Å². The van der Waals surface area contributed by atoms with Gasteiger partial charge in [0.15, 0.2) is 0 Å². The van der Waals surface area contributed by atoms with Gasteiger partial charge in [-0.15, -0.1) is 0 Å². The normalized spacial score (nSPS) is 14.5. The Morgan fingerprint density at radius 3 is 2.67 bits per heavy atom. The number of halogens is 1. The number of ether oxygens (including phenoxy) is 1. The highest BCUT2D eigenvalue weighted by molar-refractivity contribution is 5.74. The summed E-state index contributed by atoms with van der Waals surface area (Å²) in [5.74, 6) is -0.758. The second-order valence-corrected chi connectivity index (χ2v) is 5.07. The molecule has 9 nitrogen and oxygen atoms in total. The van der Waals surface area contributed by atoms with E-state index < -0.39 is 16.4 Å². The molecule has 0 amide bonds. The average Bonchev–Trinajstić information content (AvgIpc) is 2.57. The summed E-state index contributed by atoms with van der Waals surface area (Å²) in [7, 11) is 0. The van der Waals surface area contributed by atoms with Gasteiger partial charge in [-0.2, -0.15) is 9.97 Å². The van der Waals surface area contributed by atoms with Crippen molar-refractivity contribution in [2.75, 3.05) is 42.3 Å². The van der Waals surface area contributed by atoms with Gasteiger partial charge in [0.05, 0.1) is 23.8 Å². The maximum absolute atomic E-state index is 13.8. The van der Waals surface area contributed by atoms with Crippen molar-refractivity contribution in [2.45, 2.75) is 0 Å². The van der Waals surface area contributed by atoms with Crippen molar-refractivity contribution in [3.8, 4) is 0 Å². The van der Waals surface area contributed by atoms with Gasteiger partial charge in [-0.25, -0.2) is 4.39 Å². The zero-order valence-electron chi connectivity index (χ0n) is 12.6. The van der Waals surface area contributed by atoms with Crippen LogP contribution in [0.3, 0.4) is 0 Å². The molecular formula is C14H15FN6O3. The zero-order chi connectivity index (χ0) is 17.1. The number of para-hydroxylation sites is 1. The Balaban J connectivity index is 2.02. The van der Waals surface area contributed by atoms with Gasteiger partial charge in [0, 0.05) is 13.1 Å². The molecule has 1 saturated heterocycles. The Labute approximate surface area is 136 Å². The van der Waals surface area contributed by atoms with E-state index in [-0.39, 0.29) is 23.3 Å². The Kier molecular flexibility index (Phi) is 4.38. The van der Waals surface area contributed by atoms with Crippen LogP contribution in [0.15, 0.2) is 24.3 Å². The molecule has 1 aliphatic rings. The number of nitrogen functional groups attached to an aromatic ring is 1. The Morgan fingerprint density at radius 1 is 1.29 bits per heavy atom. The molecule has 0 unspecified atom stereocenters. The first kappa shape index (κ1) is 15.9. The van der Waals surface area contributed by atoms with Gasteiger partial charge in [0.2, 0.25) is 17.6 Å². The Bertz CT molecular complexity index is 766. The molecule has 0 bridgehead atoms. The minimum Gasteiger partial charge on any atom is -0.378 e. The maximum atomic E-state index is 13.8. The van der Waals surface area contributed by atoms with Crippen molar-refractivity contribution in [1.82, 2.24) is 9.97 Å². The number of rotatable bonds is 4. The van der Waals surface area contributed by atoms with Gasteiger partial charge in [0.1, 0.15) is 5.82 Å². The second kappa shape index (κ2) is 6.62. The largest absolute Gasteiger partial charge is 0.378 e. The van der Waals surface area contributed by atoms with Crippen molar-refractivity contribution in [1.29, 1.82) is 0 Å². The van der Waals surface area contributed by atoms with Gasteiger partial charge >= 0.3 is 5.69 Å². The van der Waals surface area contributed by atoms with Gasteiger partial charge in [0.25, 0.3) is 0 Å². The van der Waals surface area contributed by atoms with Crippen molar-refractivity contribution in [3.63, 3.8) is 0 Å². The number of anilines is 4. The maximum Gasteiger partial charge on any atom is 0.353 e. The standard InChI is InChI=1S/C14H15FN6O3/c15-9-3-1-2-4-10(9)17-13-11(21(22)23)12(16)18-14(19-13)20-5-7-24-8-6-20/h1-4H,5-8H2,(H3,16,17,18,19). The lowest BCUT2D eigenvalue weighted by Gasteiger charge is -2.27. The van der Waals surface area contributed by atoms with Crippen molar-refractivity contribution >= 4 is 29.0 Å². The smallest absolute Gasteiger partial charge is 0.353 e. The van der Waals surface area contributed by atoms with E-state index >= 15 is 0 Å². The Morgan fingerprint density at radius 2 is 2.00 bits per heavy atom. The van der Waals surface area contributed by atoms with E-state index in [1.807, 2.05) is 0 Å². The van der Waals surface area contributed by atoms with Crippen molar-refractivity contribution in [2.24, 2.45) is 0 Å². The van der Waals surface area contributed by atoms with Crippen LogP contribution < -0.4 is 16.0 Å². The molecule has 2 heterocycles. The second-order valence-electron chi connectivity index (χ2n) is 5.07. The summed E-state index contributed by atoms with van der Waals surface area (Å²) in [6, 6.07) is 5.81. The van der Waals surface area contributed by atoms with Crippen molar-refractivity contribution < 1.29 is 14.1 Å². The lowest BCUT2D eigenvalue weighted by Crippen LogP contribution is -2.37. The van der Waals surface area contributed by atoms with Gasteiger partial charge in [-0.05, 0) is 12.1 Å². The summed E-state index contributed by atoms with van der Waals surface area (Å²) in [5, 5.41) is 13.9. The highest BCUT2D eigenvalue weighted by Gasteiger charge is 2.26. The molecule has 10 heteroatoms. The van der Waals surface area contributed by atoms with E-state index in [0.717, 1.165) is 0 Å². The number of aromatic nitrogens is 2. The molecule has 0 spiro atoms. The summed E-state index contributed by atoms with van der Waals surface area (Å²) < 4.78 is 19.1. The number of hydrogen-bond acceptors (Lipinski definition) is 8. The minimum absolute atomic E-state index is 0.0617. The van der Waals surface area contributed by atoms with Gasteiger partial charge in [-0.3, -0.25) is 10.1 Å². The number of nitrogens with one attached hydrogen (secondary N) is 1. The molecule has 0 radical (unpaired) electrons. The van der Waals surface area contributed by atoms with Crippen LogP contribution in [-0.4, -0.2) is 41.2 Å². The monoisotopic (exact) mass is 334 g/mol. The van der Waals surface area contributed by atoms with Gasteiger partial charge < -0.3 is 20.7 Å². The predicted molar refractivity (Wildman–Crippen MR) is 85.8 cm³/mol. The SMILES string of the molecule is Nc1nc(N2CCOCC2)nc(Nc2ccccc2F)c1[N+](=O)[O-]. The molecule has 3 N–H and O–H groups in total. The molecule has 0 saturated carbocycles. The highest BCUT2D eigenvalue weighted by Crippen LogP contribution is 2.32. The number of nitrogens with two attached hydrogens (primary N) is 1. The quantitative estimate of drug-likeness (QED) is 0.640. The average molecular weight is 334 g/mol. The molecule has 1 aliphatic heterocycles. The summed E-state index contributed by atoms with van der Waals surface area (Å²) in [4.78, 5) is 20.6. The first-order valence-corrected chi connectivity index (χ1v) is 7.22. The predicted octanol–water partition coefficient (Wildman–Crippen LogP) is 1.69. The van der Waals surface area contributed by atoms with E-state index in [4.69, 9.17) is 10.5 Å². The molecule has 2 aromatic rings. The number of morpholine rings is 1. The number of nitro groups is 1. The lowest BCUT2D eigenvalue weighted by atomic mass is 10.3. The van der Waals surface area contributed by atoms with Crippen LogP contribution in [0.25, 0.3) is 0 Å². The van der Waals surface area contributed by atoms with E-state index in [2.05, 4.69) is 15.3 Å². The van der Waals surface area contributed by atoms with Crippen LogP contribution >= 0.6 is 0 Å². The number of benzene rings is 1.